The normalized spacial score (nSPS) is 14.5. The molecule has 1 aromatic rings. The minimum Gasteiger partial charge on any atom is -0.423 e. The zero-order valence-electron chi connectivity index (χ0n) is 9.41. The van der Waals surface area contributed by atoms with Gasteiger partial charge in [0.05, 0.1) is 0 Å². The molecule has 17 heavy (non-hydrogen) atoms. The Morgan fingerprint density at radius 3 is 2.59 bits per heavy atom. The van der Waals surface area contributed by atoms with Crippen LogP contribution in [0.15, 0.2) is 30.5 Å². The second kappa shape index (κ2) is 5.21. The van der Waals surface area contributed by atoms with Gasteiger partial charge in [0, 0.05) is 6.54 Å². The van der Waals surface area contributed by atoms with Crippen LogP contribution in [0.25, 0.3) is 5.57 Å². The standard InChI is InChI=1S/C11H13B2NO3/c15-8-12-14-6-5-10(7-14)9-1-3-11(4-2-9)13(16)17/h1-4,7-8,12,16-17H,5-6H2. The van der Waals surface area contributed by atoms with Crippen LogP contribution < -0.4 is 5.46 Å². The van der Waals surface area contributed by atoms with Crippen LogP contribution in [0, 0.1) is 0 Å². The van der Waals surface area contributed by atoms with Crippen molar-refractivity contribution in [2.45, 2.75) is 6.42 Å². The molecule has 0 saturated carbocycles. The van der Waals surface area contributed by atoms with Gasteiger partial charge in [-0.25, -0.2) is 0 Å². The molecule has 6 heteroatoms. The molecular formula is C11H13B2NO3. The Labute approximate surface area is 101 Å². The van der Waals surface area contributed by atoms with Gasteiger partial charge in [-0.05, 0) is 29.2 Å². The van der Waals surface area contributed by atoms with Gasteiger partial charge < -0.3 is 19.7 Å². The molecule has 1 aromatic carbocycles. The second-order valence-electron chi connectivity index (χ2n) is 4.06. The summed E-state index contributed by atoms with van der Waals surface area (Å²) in [7, 11) is -0.995. The first-order chi connectivity index (χ1) is 8.20. The minimum atomic E-state index is -1.42. The van der Waals surface area contributed by atoms with E-state index in [4.69, 9.17) is 10.0 Å². The molecule has 0 amide bonds. The van der Waals surface area contributed by atoms with Crippen LogP contribution in [0.2, 0.25) is 0 Å². The molecule has 0 unspecified atom stereocenters. The molecule has 4 nitrogen and oxygen atoms in total. The lowest BCUT2D eigenvalue weighted by Crippen LogP contribution is -2.29. The van der Waals surface area contributed by atoms with Crippen LogP contribution >= 0.6 is 0 Å². The molecule has 0 bridgehead atoms. The lowest BCUT2D eigenvalue weighted by Gasteiger charge is -2.07. The van der Waals surface area contributed by atoms with Crippen molar-refractivity contribution >= 4 is 31.8 Å². The summed E-state index contributed by atoms with van der Waals surface area (Å²) in [6.07, 6.45) is 3.79. The second-order valence-corrected chi connectivity index (χ2v) is 4.06. The summed E-state index contributed by atoms with van der Waals surface area (Å²) < 4.78 is 0. The van der Waals surface area contributed by atoms with Crippen molar-refractivity contribution in [3.05, 3.63) is 36.0 Å². The summed E-state index contributed by atoms with van der Waals surface area (Å²) >= 11 is 0. The molecule has 0 saturated heterocycles. The Morgan fingerprint density at radius 1 is 1.29 bits per heavy atom. The highest BCUT2D eigenvalue weighted by Gasteiger charge is 2.15. The van der Waals surface area contributed by atoms with Crippen molar-refractivity contribution in [2.24, 2.45) is 0 Å². The van der Waals surface area contributed by atoms with Crippen LogP contribution in [-0.4, -0.2) is 42.1 Å². The largest absolute Gasteiger partial charge is 0.488 e. The monoisotopic (exact) mass is 229 g/mol. The van der Waals surface area contributed by atoms with E-state index in [0.717, 1.165) is 24.7 Å². The van der Waals surface area contributed by atoms with Crippen LogP contribution in [0.4, 0.5) is 0 Å². The molecule has 86 valence electrons. The smallest absolute Gasteiger partial charge is 0.423 e. The van der Waals surface area contributed by atoms with Gasteiger partial charge in [0.25, 0.3) is 0 Å². The molecule has 1 heterocycles. The van der Waals surface area contributed by atoms with E-state index >= 15 is 0 Å². The Bertz CT molecular complexity index is 431. The van der Waals surface area contributed by atoms with Gasteiger partial charge in [-0.1, -0.05) is 24.3 Å². The molecule has 0 aromatic heterocycles. The van der Waals surface area contributed by atoms with Crippen molar-refractivity contribution in [3.8, 4) is 0 Å². The molecule has 0 spiro atoms. The van der Waals surface area contributed by atoms with Crippen molar-refractivity contribution in [1.82, 2.24) is 4.81 Å². The van der Waals surface area contributed by atoms with Gasteiger partial charge >= 0.3 is 14.5 Å². The van der Waals surface area contributed by atoms with Gasteiger partial charge in [0.1, 0.15) is 6.19 Å². The molecule has 0 fully saturated rings. The summed E-state index contributed by atoms with van der Waals surface area (Å²) in [5, 5.41) is 18.0. The van der Waals surface area contributed by atoms with E-state index in [1.54, 1.807) is 12.1 Å². The predicted molar refractivity (Wildman–Crippen MR) is 69.5 cm³/mol. The minimum absolute atomic E-state index is 0.428. The first kappa shape index (κ1) is 12.0. The molecule has 0 aliphatic carbocycles. The fourth-order valence-corrected chi connectivity index (χ4v) is 1.94. The van der Waals surface area contributed by atoms with Gasteiger partial charge in [0.15, 0.2) is 0 Å². The highest BCUT2D eigenvalue weighted by Crippen LogP contribution is 2.23. The summed E-state index contributed by atoms with van der Waals surface area (Å²) in [4.78, 5) is 12.4. The van der Waals surface area contributed by atoms with E-state index in [1.165, 1.54) is 5.57 Å². The Kier molecular flexibility index (Phi) is 3.66. The SMILES string of the molecule is O=CBN1C=C(c2ccc(B(O)O)cc2)CC1. The van der Waals surface area contributed by atoms with Crippen LogP contribution in [0.5, 0.6) is 0 Å². The fraction of sp³-hybridized carbons (Fsp3) is 0.182. The van der Waals surface area contributed by atoms with E-state index in [1.807, 2.05) is 23.1 Å². The average Bonchev–Trinajstić information content (AvgIpc) is 2.78. The number of hydrogen-bond donors (Lipinski definition) is 2. The summed E-state index contributed by atoms with van der Waals surface area (Å²) in [5.41, 5.74) is 2.71. The molecule has 0 radical (unpaired) electrons. The van der Waals surface area contributed by atoms with Crippen molar-refractivity contribution < 1.29 is 14.8 Å². The highest BCUT2D eigenvalue weighted by molar-refractivity contribution is 6.64. The summed E-state index contributed by atoms with van der Waals surface area (Å²) in [5.74, 6) is 0. The van der Waals surface area contributed by atoms with Crippen molar-refractivity contribution in [3.63, 3.8) is 0 Å². The van der Waals surface area contributed by atoms with Gasteiger partial charge in [0.2, 0.25) is 0 Å². The quantitative estimate of drug-likeness (QED) is 0.511. The summed E-state index contributed by atoms with van der Waals surface area (Å²) in [6.45, 7) is 0.860. The van der Waals surface area contributed by atoms with E-state index in [2.05, 4.69) is 0 Å². The van der Waals surface area contributed by atoms with Gasteiger partial charge in [-0.15, -0.1) is 0 Å². The summed E-state index contributed by atoms with van der Waals surface area (Å²) in [6, 6.07) is 7.13. The Balaban J connectivity index is 2.13. The topological polar surface area (TPSA) is 60.8 Å². The third kappa shape index (κ3) is 2.78. The Morgan fingerprint density at radius 2 is 2.00 bits per heavy atom. The highest BCUT2D eigenvalue weighted by atomic mass is 16.4. The zero-order valence-corrected chi connectivity index (χ0v) is 9.41. The zero-order chi connectivity index (χ0) is 12.3. The van der Waals surface area contributed by atoms with E-state index in [0.29, 0.717) is 12.9 Å². The Hall–Kier alpha value is -1.52. The number of carbonyl (C=O) groups excluding carboxylic acids is 1. The first-order valence-electron chi connectivity index (χ1n) is 5.55. The maximum absolute atomic E-state index is 10.4. The van der Waals surface area contributed by atoms with Crippen LogP contribution in [0.1, 0.15) is 12.0 Å². The number of rotatable bonds is 4. The van der Waals surface area contributed by atoms with E-state index in [-0.39, 0.29) is 0 Å². The number of nitrogens with zero attached hydrogens (tertiary/aromatic N) is 1. The maximum atomic E-state index is 10.4. The van der Waals surface area contributed by atoms with Gasteiger partial charge in [-0.2, -0.15) is 0 Å². The first-order valence-corrected chi connectivity index (χ1v) is 5.55. The lowest BCUT2D eigenvalue weighted by atomic mass is 9.80. The number of hydrogen-bond acceptors (Lipinski definition) is 4. The predicted octanol–water partition coefficient (Wildman–Crippen LogP) is -1.05. The molecule has 2 rings (SSSR count). The van der Waals surface area contributed by atoms with E-state index in [9.17, 15) is 4.79 Å². The van der Waals surface area contributed by atoms with E-state index < -0.39 is 7.12 Å². The maximum Gasteiger partial charge on any atom is 0.488 e. The van der Waals surface area contributed by atoms with Crippen molar-refractivity contribution in [2.75, 3.05) is 6.54 Å². The lowest BCUT2D eigenvalue weighted by molar-refractivity contribution is 0.426. The number of benzene rings is 1. The molecule has 0 atom stereocenters. The molecule has 1 aliphatic heterocycles. The van der Waals surface area contributed by atoms with Crippen molar-refractivity contribution in [1.29, 1.82) is 0 Å². The number of carbonyl (C=O) groups is 1. The third-order valence-electron chi connectivity index (χ3n) is 2.90. The third-order valence-corrected chi connectivity index (χ3v) is 2.90. The molecule has 2 N–H and O–H groups in total. The van der Waals surface area contributed by atoms with Gasteiger partial charge in [-0.3, -0.25) is 0 Å². The average molecular weight is 229 g/mol. The molecular weight excluding hydrogens is 216 g/mol. The van der Waals surface area contributed by atoms with Crippen LogP contribution in [-0.2, 0) is 4.79 Å². The van der Waals surface area contributed by atoms with Crippen LogP contribution in [0.3, 0.4) is 0 Å². The molecule has 1 aliphatic rings. The fourth-order valence-electron chi connectivity index (χ4n) is 1.94.